The topological polar surface area (TPSA) is 49.6 Å². The highest BCUT2D eigenvalue weighted by molar-refractivity contribution is 5.76. The van der Waals surface area contributed by atoms with E-state index in [0.29, 0.717) is 13.0 Å². The second kappa shape index (κ2) is 5.74. The van der Waals surface area contributed by atoms with Crippen molar-refractivity contribution >= 4 is 5.91 Å². The molecule has 4 heteroatoms. The fraction of sp³-hybridized carbons (Fsp3) is 0.727. The average molecular weight is 209 g/mol. The third kappa shape index (κ3) is 3.90. The molecule has 1 amide bonds. The van der Waals surface area contributed by atoms with E-state index in [2.05, 4.69) is 10.8 Å². The molecule has 1 aliphatic rings. The third-order valence-electron chi connectivity index (χ3n) is 2.54. The lowest BCUT2D eigenvalue weighted by Crippen LogP contribution is -2.49. The molecule has 15 heavy (non-hydrogen) atoms. The number of rotatable bonds is 3. The number of hydrogen-bond donors (Lipinski definition) is 1. The quantitative estimate of drug-likeness (QED) is 0.638. The molecular formula is C11H19N3O. The van der Waals surface area contributed by atoms with Crippen molar-refractivity contribution in [1.82, 2.24) is 9.80 Å². The number of nitrogens with two attached hydrogens (primary N) is 1. The first kappa shape index (κ1) is 12.0. The van der Waals surface area contributed by atoms with E-state index in [1.165, 1.54) is 0 Å². The van der Waals surface area contributed by atoms with E-state index in [4.69, 9.17) is 12.2 Å². The van der Waals surface area contributed by atoms with Crippen molar-refractivity contribution in [2.24, 2.45) is 5.73 Å². The van der Waals surface area contributed by atoms with Gasteiger partial charge in [0.1, 0.15) is 0 Å². The number of amides is 1. The predicted molar refractivity (Wildman–Crippen MR) is 60.1 cm³/mol. The number of piperazine rings is 1. The van der Waals surface area contributed by atoms with Gasteiger partial charge in [0.05, 0.1) is 6.54 Å². The number of nitrogens with zero attached hydrogens (tertiary/aromatic N) is 2. The zero-order chi connectivity index (χ0) is 11.3. The predicted octanol–water partition coefficient (Wildman–Crippen LogP) is -0.499. The summed E-state index contributed by atoms with van der Waals surface area (Å²) in [5.74, 6) is 2.77. The summed E-state index contributed by atoms with van der Waals surface area (Å²) in [6, 6.07) is -0.0544. The lowest BCUT2D eigenvalue weighted by molar-refractivity contribution is -0.133. The standard InChI is InChI=1S/C11H19N3O/c1-3-4-13-5-7-14(8-6-13)11(15)9-10(2)12/h1,10H,4-9,12H2,2H3. The van der Waals surface area contributed by atoms with Crippen LogP contribution < -0.4 is 5.73 Å². The second-order valence-corrected chi connectivity index (χ2v) is 4.04. The Kier molecular flexibility index (Phi) is 4.60. The maximum Gasteiger partial charge on any atom is 0.224 e. The highest BCUT2D eigenvalue weighted by Crippen LogP contribution is 2.04. The first-order valence-corrected chi connectivity index (χ1v) is 5.32. The van der Waals surface area contributed by atoms with Crippen LogP contribution in [0.5, 0.6) is 0 Å². The maximum atomic E-state index is 11.7. The van der Waals surface area contributed by atoms with Gasteiger partial charge in [-0.15, -0.1) is 6.42 Å². The van der Waals surface area contributed by atoms with Crippen LogP contribution in [0.4, 0.5) is 0 Å². The van der Waals surface area contributed by atoms with E-state index in [1.807, 2.05) is 11.8 Å². The van der Waals surface area contributed by atoms with Crippen molar-refractivity contribution in [2.45, 2.75) is 19.4 Å². The Bertz CT molecular complexity index is 249. The van der Waals surface area contributed by atoms with Crippen molar-refractivity contribution in [3.05, 3.63) is 0 Å². The lowest BCUT2D eigenvalue weighted by atomic mass is 10.2. The van der Waals surface area contributed by atoms with Crippen LogP contribution in [0.15, 0.2) is 0 Å². The Labute approximate surface area is 91.4 Å². The van der Waals surface area contributed by atoms with Gasteiger partial charge in [-0.3, -0.25) is 9.69 Å². The van der Waals surface area contributed by atoms with Gasteiger partial charge >= 0.3 is 0 Å². The van der Waals surface area contributed by atoms with Gasteiger partial charge < -0.3 is 10.6 Å². The zero-order valence-electron chi connectivity index (χ0n) is 9.28. The third-order valence-corrected chi connectivity index (χ3v) is 2.54. The van der Waals surface area contributed by atoms with E-state index in [-0.39, 0.29) is 11.9 Å². The molecule has 1 rings (SSSR count). The molecule has 1 atom stereocenters. The molecule has 1 unspecified atom stereocenters. The summed E-state index contributed by atoms with van der Waals surface area (Å²) >= 11 is 0. The molecule has 1 heterocycles. The average Bonchev–Trinajstić information content (AvgIpc) is 2.18. The molecule has 0 aliphatic carbocycles. The minimum atomic E-state index is -0.0544. The second-order valence-electron chi connectivity index (χ2n) is 4.04. The summed E-state index contributed by atoms with van der Waals surface area (Å²) < 4.78 is 0. The molecule has 1 fully saturated rings. The minimum absolute atomic E-state index is 0.0544. The number of carbonyl (C=O) groups is 1. The van der Waals surface area contributed by atoms with Crippen LogP contribution in [0.25, 0.3) is 0 Å². The Morgan fingerprint density at radius 1 is 1.47 bits per heavy atom. The van der Waals surface area contributed by atoms with Gasteiger partial charge in [-0.25, -0.2) is 0 Å². The van der Waals surface area contributed by atoms with Crippen LogP contribution in [0.1, 0.15) is 13.3 Å². The largest absolute Gasteiger partial charge is 0.340 e. The summed E-state index contributed by atoms with van der Waals surface area (Å²) in [7, 11) is 0. The highest BCUT2D eigenvalue weighted by Gasteiger charge is 2.20. The van der Waals surface area contributed by atoms with E-state index < -0.39 is 0 Å². The van der Waals surface area contributed by atoms with Crippen LogP contribution >= 0.6 is 0 Å². The molecule has 2 N–H and O–H groups in total. The van der Waals surface area contributed by atoms with Crippen molar-refractivity contribution in [3.63, 3.8) is 0 Å². The Morgan fingerprint density at radius 2 is 2.07 bits per heavy atom. The molecule has 0 aromatic heterocycles. The van der Waals surface area contributed by atoms with Gasteiger partial charge in [-0.2, -0.15) is 0 Å². The van der Waals surface area contributed by atoms with E-state index in [0.717, 1.165) is 26.2 Å². The van der Waals surface area contributed by atoms with Crippen molar-refractivity contribution in [1.29, 1.82) is 0 Å². The van der Waals surface area contributed by atoms with E-state index in [9.17, 15) is 4.79 Å². The van der Waals surface area contributed by atoms with Gasteiger partial charge in [-0.05, 0) is 6.92 Å². The summed E-state index contributed by atoms with van der Waals surface area (Å²) in [5, 5.41) is 0. The maximum absolute atomic E-state index is 11.7. The molecular weight excluding hydrogens is 190 g/mol. The number of carbonyl (C=O) groups excluding carboxylic acids is 1. The zero-order valence-corrected chi connectivity index (χ0v) is 9.28. The molecule has 4 nitrogen and oxygen atoms in total. The monoisotopic (exact) mass is 209 g/mol. The normalized spacial score (nSPS) is 19.7. The van der Waals surface area contributed by atoms with Crippen molar-refractivity contribution in [2.75, 3.05) is 32.7 Å². The summed E-state index contributed by atoms with van der Waals surface area (Å²) in [6.07, 6.45) is 5.67. The van der Waals surface area contributed by atoms with Crippen molar-refractivity contribution < 1.29 is 4.79 Å². The Hall–Kier alpha value is -1.05. The first-order valence-electron chi connectivity index (χ1n) is 5.32. The van der Waals surface area contributed by atoms with Crippen molar-refractivity contribution in [3.8, 4) is 12.3 Å². The van der Waals surface area contributed by atoms with Gasteiger partial charge in [0.15, 0.2) is 0 Å². The van der Waals surface area contributed by atoms with Crippen LogP contribution in [0.3, 0.4) is 0 Å². The smallest absolute Gasteiger partial charge is 0.224 e. The Balaban J connectivity index is 2.31. The summed E-state index contributed by atoms with van der Waals surface area (Å²) in [6.45, 7) is 5.81. The molecule has 84 valence electrons. The Morgan fingerprint density at radius 3 is 2.53 bits per heavy atom. The minimum Gasteiger partial charge on any atom is -0.340 e. The molecule has 0 radical (unpaired) electrons. The van der Waals surface area contributed by atoms with E-state index >= 15 is 0 Å². The molecule has 0 bridgehead atoms. The molecule has 0 spiro atoms. The molecule has 1 aliphatic heterocycles. The van der Waals surface area contributed by atoms with Gasteiger partial charge in [0, 0.05) is 38.6 Å². The van der Waals surface area contributed by atoms with Gasteiger partial charge in [0.2, 0.25) is 5.91 Å². The molecule has 0 aromatic rings. The summed E-state index contributed by atoms with van der Waals surface area (Å²) in [4.78, 5) is 15.7. The lowest BCUT2D eigenvalue weighted by Gasteiger charge is -2.34. The SMILES string of the molecule is C#CCN1CCN(C(=O)CC(C)N)CC1. The molecule has 0 aromatic carbocycles. The van der Waals surface area contributed by atoms with Crippen LogP contribution in [-0.4, -0.2) is 54.5 Å². The summed E-state index contributed by atoms with van der Waals surface area (Å²) in [5.41, 5.74) is 5.59. The van der Waals surface area contributed by atoms with Crippen LogP contribution in [0.2, 0.25) is 0 Å². The first-order chi connectivity index (χ1) is 7.13. The fourth-order valence-electron chi connectivity index (χ4n) is 1.69. The van der Waals surface area contributed by atoms with Gasteiger partial charge in [0.25, 0.3) is 0 Å². The number of terminal acetylenes is 1. The van der Waals surface area contributed by atoms with Gasteiger partial charge in [-0.1, -0.05) is 5.92 Å². The van der Waals surface area contributed by atoms with E-state index in [1.54, 1.807) is 0 Å². The number of hydrogen-bond acceptors (Lipinski definition) is 3. The van der Waals surface area contributed by atoms with Crippen LogP contribution in [0, 0.1) is 12.3 Å². The highest BCUT2D eigenvalue weighted by atomic mass is 16.2. The fourth-order valence-corrected chi connectivity index (χ4v) is 1.69. The molecule has 1 saturated heterocycles. The van der Waals surface area contributed by atoms with Crippen LogP contribution in [-0.2, 0) is 4.79 Å². The molecule has 0 saturated carbocycles.